The summed E-state index contributed by atoms with van der Waals surface area (Å²) in [4.78, 5) is 24.5. The second-order valence-corrected chi connectivity index (χ2v) is 4.99. The number of aryl methyl sites for hydroxylation is 2. The van der Waals surface area contributed by atoms with Crippen molar-refractivity contribution in [1.82, 2.24) is 10.2 Å². The van der Waals surface area contributed by atoms with Crippen LogP contribution in [-0.4, -0.2) is 44.0 Å². The number of hydrogen-bond acceptors (Lipinski definition) is 4. The van der Waals surface area contributed by atoms with Gasteiger partial charge < -0.3 is 20.7 Å². The Morgan fingerprint density at radius 3 is 2.27 bits per heavy atom. The third-order valence-electron chi connectivity index (χ3n) is 3.19. The number of likely N-dealkylation sites (N-methyl/N-ethyl adjacent to an activating group) is 1. The molecule has 0 aliphatic carbocycles. The predicted molar refractivity (Wildman–Crippen MR) is 88.3 cm³/mol. The van der Waals surface area contributed by atoms with Crippen molar-refractivity contribution in [1.29, 1.82) is 0 Å². The summed E-state index contributed by atoms with van der Waals surface area (Å²) in [5.41, 5.74) is 8.25. The van der Waals surface area contributed by atoms with Crippen LogP contribution in [-0.2, 0) is 16.1 Å². The molecule has 1 aromatic rings. The van der Waals surface area contributed by atoms with Gasteiger partial charge in [-0.3, -0.25) is 9.59 Å². The highest BCUT2D eigenvalue weighted by molar-refractivity contribution is 5.85. The third kappa shape index (κ3) is 5.54. The molecule has 6 nitrogen and oxygen atoms in total. The summed E-state index contributed by atoms with van der Waals surface area (Å²) in [6, 6.07) is 3.99. The molecule has 22 heavy (non-hydrogen) atoms. The van der Waals surface area contributed by atoms with Crippen LogP contribution in [0.1, 0.15) is 16.7 Å². The summed E-state index contributed by atoms with van der Waals surface area (Å²) in [6.45, 7) is 4.26. The highest BCUT2D eigenvalue weighted by Gasteiger charge is 2.12. The van der Waals surface area contributed by atoms with Gasteiger partial charge in [-0.2, -0.15) is 0 Å². The largest absolute Gasteiger partial charge is 0.496 e. The summed E-state index contributed by atoms with van der Waals surface area (Å²) in [7, 11) is 3.34. The van der Waals surface area contributed by atoms with E-state index in [2.05, 4.69) is 5.32 Å². The monoisotopic (exact) mass is 329 g/mol. The zero-order valence-corrected chi connectivity index (χ0v) is 14.3. The van der Waals surface area contributed by atoms with Crippen LogP contribution < -0.4 is 15.8 Å². The van der Waals surface area contributed by atoms with Gasteiger partial charge in [0.05, 0.1) is 20.2 Å². The average Bonchev–Trinajstić information content (AvgIpc) is 2.43. The lowest BCUT2D eigenvalue weighted by Crippen LogP contribution is -2.40. The quantitative estimate of drug-likeness (QED) is 0.807. The normalized spacial score (nSPS) is 9.68. The maximum absolute atomic E-state index is 11.9. The van der Waals surface area contributed by atoms with E-state index < -0.39 is 0 Å². The van der Waals surface area contributed by atoms with Gasteiger partial charge in [0.2, 0.25) is 11.8 Å². The number of ether oxygens (including phenoxy) is 1. The van der Waals surface area contributed by atoms with Crippen molar-refractivity contribution in [3.05, 3.63) is 28.8 Å². The molecule has 0 atom stereocenters. The van der Waals surface area contributed by atoms with Crippen LogP contribution in [0.25, 0.3) is 0 Å². The van der Waals surface area contributed by atoms with Gasteiger partial charge in [0.1, 0.15) is 5.75 Å². The Kier molecular flexibility index (Phi) is 8.52. The molecule has 0 saturated heterocycles. The number of benzene rings is 1. The van der Waals surface area contributed by atoms with Crippen LogP contribution >= 0.6 is 12.4 Å². The van der Waals surface area contributed by atoms with Gasteiger partial charge in [-0.15, -0.1) is 12.4 Å². The summed E-state index contributed by atoms with van der Waals surface area (Å²) >= 11 is 0. The Morgan fingerprint density at radius 1 is 1.27 bits per heavy atom. The first-order chi connectivity index (χ1) is 9.88. The van der Waals surface area contributed by atoms with E-state index in [0.717, 1.165) is 22.4 Å². The van der Waals surface area contributed by atoms with Crippen molar-refractivity contribution in [2.45, 2.75) is 20.4 Å². The Labute approximate surface area is 137 Å². The fraction of sp³-hybridized carbons (Fsp3) is 0.467. The molecule has 0 spiro atoms. The minimum atomic E-state index is -0.340. The molecule has 0 aliphatic heterocycles. The van der Waals surface area contributed by atoms with Gasteiger partial charge in [-0.25, -0.2) is 0 Å². The molecule has 0 saturated carbocycles. The molecule has 3 N–H and O–H groups in total. The van der Waals surface area contributed by atoms with Crippen LogP contribution in [0.15, 0.2) is 12.1 Å². The van der Waals surface area contributed by atoms with Gasteiger partial charge >= 0.3 is 0 Å². The molecule has 0 unspecified atom stereocenters. The Balaban J connectivity index is 0.00000441. The van der Waals surface area contributed by atoms with Gasteiger partial charge in [-0.1, -0.05) is 12.1 Å². The smallest absolute Gasteiger partial charge is 0.242 e. The molecule has 124 valence electrons. The lowest BCUT2D eigenvalue weighted by atomic mass is 10.1. The predicted octanol–water partition coefficient (Wildman–Crippen LogP) is 0.767. The fourth-order valence-corrected chi connectivity index (χ4v) is 2.20. The maximum atomic E-state index is 11.9. The lowest BCUT2D eigenvalue weighted by molar-refractivity contribution is -0.131. The summed E-state index contributed by atoms with van der Waals surface area (Å²) in [6.07, 6.45) is 0. The van der Waals surface area contributed by atoms with Crippen molar-refractivity contribution < 1.29 is 14.3 Å². The van der Waals surface area contributed by atoms with E-state index in [1.165, 1.54) is 0 Å². The molecule has 0 aromatic heterocycles. The van der Waals surface area contributed by atoms with Crippen LogP contribution in [0.2, 0.25) is 0 Å². The summed E-state index contributed by atoms with van der Waals surface area (Å²) in [5, 5.41) is 2.46. The fourth-order valence-electron chi connectivity index (χ4n) is 2.20. The molecule has 0 bridgehead atoms. The van der Waals surface area contributed by atoms with Gasteiger partial charge in [0.25, 0.3) is 0 Å². The number of nitrogens with one attached hydrogen (secondary N) is 1. The molecule has 1 rings (SSSR count). The topological polar surface area (TPSA) is 84.7 Å². The highest BCUT2D eigenvalue weighted by Crippen LogP contribution is 2.24. The Bertz CT molecular complexity index is 512. The highest BCUT2D eigenvalue weighted by atomic mass is 35.5. The molecule has 0 radical (unpaired) electrons. The number of hydrogen-bond donors (Lipinski definition) is 2. The number of methoxy groups -OCH3 is 1. The van der Waals surface area contributed by atoms with E-state index in [1.54, 1.807) is 19.1 Å². The minimum absolute atomic E-state index is 0. The van der Waals surface area contributed by atoms with E-state index >= 15 is 0 Å². The van der Waals surface area contributed by atoms with E-state index in [9.17, 15) is 9.59 Å². The first kappa shape index (κ1) is 20.2. The number of nitrogens with two attached hydrogens (primary N) is 1. The third-order valence-corrected chi connectivity index (χ3v) is 3.19. The number of halogens is 1. The second-order valence-electron chi connectivity index (χ2n) is 4.99. The number of carbonyl (C=O) groups excluding carboxylic acids is 2. The summed E-state index contributed by atoms with van der Waals surface area (Å²) < 4.78 is 5.32. The number of rotatable bonds is 6. The van der Waals surface area contributed by atoms with Crippen molar-refractivity contribution in [2.75, 3.05) is 27.2 Å². The zero-order chi connectivity index (χ0) is 16.0. The van der Waals surface area contributed by atoms with Crippen molar-refractivity contribution in [2.24, 2.45) is 5.73 Å². The van der Waals surface area contributed by atoms with Crippen LogP contribution in [0.3, 0.4) is 0 Å². The number of amides is 2. The maximum Gasteiger partial charge on any atom is 0.242 e. The number of carbonyl (C=O) groups is 2. The number of nitrogens with zero attached hydrogens (tertiary/aromatic N) is 1. The Morgan fingerprint density at radius 2 is 1.82 bits per heavy atom. The van der Waals surface area contributed by atoms with Gasteiger partial charge in [0.15, 0.2) is 0 Å². The standard InChI is InChI=1S/C15H23N3O3.ClH/c1-10-5-12(6-11(2)15(10)21-4)9-18(3)14(20)8-17-13(19)7-16;/h5-6H,7-9,16H2,1-4H3,(H,17,19);1H. The molecule has 0 heterocycles. The first-order valence-corrected chi connectivity index (χ1v) is 6.73. The lowest BCUT2D eigenvalue weighted by Gasteiger charge is -2.19. The molecular weight excluding hydrogens is 306 g/mol. The van der Waals surface area contributed by atoms with Gasteiger partial charge in [0, 0.05) is 13.6 Å². The SMILES string of the molecule is COc1c(C)cc(CN(C)C(=O)CNC(=O)CN)cc1C.Cl. The molecule has 0 aliphatic rings. The molecule has 7 heteroatoms. The van der Waals surface area contributed by atoms with E-state index in [-0.39, 0.29) is 37.3 Å². The molecule has 0 fully saturated rings. The van der Waals surface area contributed by atoms with E-state index in [4.69, 9.17) is 10.5 Å². The molecule has 2 amide bonds. The van der Waals surface area contributed by atoms with Crippen molar-refractivity contribution in [3.63, 3.8) is 0 Å². The van der Waals surface area contributed by atoms with E-state index in [1.807, 2.05) is 26.0 Å². The van der Waals surface area contributed by atoms with Crippen LogP contribution in [0.5, 0.6) is 5.75 Å². The average molecular weight is 330 g/mol. The van der Waals surface area contributed by atoms with Crippen molar-refractivity contribution in [3.8, 4) is 5.75 Å². The Hall–Kier alpha value is -1.79. The van der Waals surface area contributed by atoms with Crippen LogP contribution in [0.4, 0.5) is 0 Å². The molecular formula is C15H24ClN3O3. The zero-order valence-electron chi connectivity index (χ0n) is 13.4. The second kappa shape index (κ2) is 9.27. The molecule has 1 aromatic carbocycles. The first-order valence-electron chi connectivity index (χ1n) is 6.73. The van der Waals surface area contributed by atoms with Gasteiger partial charge in [-0.05, 0) is 30.5 Å². The van der Waals surface area contributed by atoms with Crippen LogP contribution in [0, 0.1) is 13.8 Å². The minimum Gasteiger partial charge on any atom is -0.496 e. The van der Waals surface area contributed by atoms with E-state index in [0.29, 0.717) is 6.54 Å². The van der Waals surface area contributed by atoms with Crippen molar-refractivity contribution >= 4 is 24.2 Å². The summed E-state index contributed by atoms with van der Waals surface area (Å²) in [5.74, 6) is 0.360.